The number of aryl methyl sites for hydroxylation is 2. The van der Waals surface area contributed by atoms with Crippen LogP contribution in [0.2, 0.25) is 5.02 Å². The fourth-order valence-electron chi connectivity index (χ4n) is 3.59. The number of hydrogen-bond acceptors (Lipinski definition) is 4. The SMILES string of the molecule is Cc1cc(C)c(NC(=O)CN2CCCc3c(NS(C)(=O)=O)cccc32)c(Cl)c1. The van der Waals surface area contributed by atoms with Crippen molar-refractivity contribution < 1.29 is 13.2 Å². The van der Waals surface area contributed by atoms with Crippen molar-refractivity contribution in [3.63, 3.8) is 0 Å². The van der Waals surface area contributed by atoms with E-state index in [1.165, 1.54) is 0 Å². The van der Waals surface area contributed by atoms with Gasteiger partial charge in [0, 0.05) is 12.2 Å². The molecule has 0 atom stereocenters. The number of amides is 1. The fraction of sp³-hybridized carbons (Fsp3) is 0.350. The molecule has 8 heteroatoms. The predicted octanol–water partition coefficient (Wildman–Crippen LogP) is 3.72. The number of rotatable bonds is 5. The van der Waals surface area contributed by atoms with Gasteiger partial charge in [-0.05, 0) is 61.6 Å². The second-order valence-electron chi connectivity index (χ2n) is 7.19. The summed E-state index contributed by atoms with van der Waals surface area (Å²) >= 11 is 6.29. The van der Waals surface area contributed by atoms with E-state index < -0.39 is 10.0 Å². The Morgan fingerprint density at radius 2 is 2.00 bits per heavy atom. The smallest absolute Gasteiger partial charge is 0.243 e. The third-order valence-corrected chi connectivity index (χ3v) is 5.56. The zero-order valence-electron chi connectivity index (χ0n) is 16.2. The summed E-state index contributed by atoms with van der Waals surface area (Å²) in [6.07, 6.45) is 2.73. The molecule has 2 N–H and O–H groups in total. The van der Waals surface area contributed by atoms with Crippen LogP contribution in [0.5, 0.6) is 0 Å². The molecule has 3 rings (SSSR count). The lowest BCUT2D eigenvalue weighted by Gasteiger charge is -2.32. The Labute approximate surface area is 170 Å². The van der Waals surface area contributed by atoms with E-state index in [2.05, 4.69) is 10.0 Å². The normalized spacial score (nSPS) is 13.8. The van der Waals surface area contributed by atoms with Gasteiger partial charge in [0.25, 0.3) is 0 Å². The van der Waals surface area contributed by atoms with Crippen molar-refractivity contribution in [1.29, 1.82) is 0 Å². The molecule has 1 heterocycles. The van der Waals surface area contributed by atoms with Crippen LogP contribution in [0, 0.1) is 13.8 Å². The maximum Gasteiger partial charge on any atom is 0.243 e. The number of nitrogens with one attached hydrogen (secondary N) is 2. The Morgan fingerprint density at radius 1 is 1.25 bits per heavy atom. The minimum absolute atomic E-state index is 0.164. The molecule has 0 unspecified atom stereocenters. The van der Waals surface area contributed by atoms with E-state index in [-0.39, 0.29) is 12.5 Å². The molecule has 0 spiro atoms. The monoisotopic (exact) mass is 421 g/mol. The van der Waals surface area contributed by atoms with E-state index in [1.807, 2.05) is 36.9 Å². The number of carbonyl (C=O) groups is 1. The number of benzene rings is 2. The van der Waals surface area contributed by atoms with Gasteiger partial charge in [-0.2, -0.15) is 0 Å². The lowest BCUT2D eigenvalue weighted by atomic mass is 10.00. The second kappa shape index (κ2) is 8.01. The van der Waals surface area contributed by atoms with Crippen molar-refractivity contribution in [3.05, 3.63) is 52.0 Å². The van der Waals surface area contributed by atoms with E-state index in [9.17, 15) is 13.2 Å². The quantitative estimate of drug-likeness (QED) is 0.771. The largest absolute Gasteiger partial charge is 0.362 e. The summed E-state index contributed by atoms with van der Waals surface area (Å²) in [6, 6.07) is 9.26. The van der Waals surface area contributed by atoms with Crippen LogP contribution in [0.25, 0.3) is 0 Å². The number of sulfonamides is 1. The zero-order chi connectivity index (χ0) is 20.5. The molecule has 0 aliphatic carbocycles. The van der Waals surface area contributed by atoms with E-state index in [1.54, 1.807) is 12.1 Å². The Balaban J connectivity index is 1.80. The lowest BCUT2D eigenvalue weighted by Crippen LogP contribution is -2.37. The third-order valence-electron chi connectivity index (χ3n) is 4.67. The van der Waals surface area contributed by atoms with E-state index in [4.69, 9.17) is 11.6 Å². The van der Waals surface area contributed by atoms with Crippen molar-refractivity contribution in [2.24, 2.45) is 0 Å². The van der Waals surface area contributed by atoms with Crippen LogP contribution in [0.3, 0.4) is 0 Å². The molecule has 0 radical (unpaired) electrons. The van der Waals surface area contributed by atoms with Gasteiger partial charge in [-0.25, -0.2) is 8.42 Å². The van der Waals surface area contributed by atoms with Gasteiger partial charge < -0.3 is 10.2 Å². The standard InChI is InChI=1S/C20H24ClN3O3S/c1-13-10-14(2)20(16(21)11-13)22-19(25)12-24-9-5-6-15-17(23-28(3,26)27)7-4-8-18(15)24/h4,7-8,10-11,23H,5-6,9,12H2,1-3H3,(H,22,25). The average molecular weight is 422 g/mol. The Morgan fingerprint density at radius 3 is 2.68 bits per heavy atom. The summed E-state index contributed by atoms with van der Waals surface area (Å²) in [5.41, 5.74) is 4.94. The maximum absolute atomic E-state index is 12.7. The molecular weight excluding hydrogens is 398 g/mol. The minimum atomic E-state index is -3.37. The molecule has 2 aromatic carbocycles. The van der Waals surface area contributed by atoms with Crippen molar-refractivity contribution in [2.75, 3.05) is 34.3 Å². The molecule has 1 amide bonds. The number of nitrogens with zero attached hydrogens (tertiary/aromatic N) is 1. The highest BCUT2D eigenvalue weighted by Crippen LogP contribution is 2.33. The number of hydrogen-bond donors (Lipinski definition) is 2. The predicted molar refractivity (Wildman–Crippen MR) is 115 cm³/mol. The van der Waals surface area contributed by atoms with Crippen LogP contribution in [0.1, 0.15) is 23.1 Å². The van der Waals surface area contributed by atoms with Gasteiger partial charge >= 0.3 is 0 Å². The van der Waals surface area contributed by atoms with Gasteiger partial charge in [-0.3, -0.25) is 9.52 Å². The van der Waals surface area contributed by atoms with Crippen molar-refractivity contribution >= 4 is 44.6 Å². The van der Waals surface area contributed by atoms with Gasteiger partial charge in [0.15, 0.2) is 0 Å². The van der Waals surface area contributed by atoms with Crippen LogP contribution in [0.15, 0.2) is 30.3 Å². The lowest BCUT2D eigenvalue weighted by molar-refractivity contribution is -0.115. The topological polar surface area (TPSA) is 78.5 Å². The van der Waals surface area contributed by atoms with E-state index in [0.29, 0.717) is 16.4 Å². The molecule has 0 bridgehead atoms. The summed E-state index contributed by atoms with van der Waals surface area (Å²) in [5, 5.41) is 3.43. The molecular formula is C20H24ClN3O3S. The number of anilines is 3. The van der Waals surface area contributed by atoms with Crippen LogP contribution in [0.4, 0.5) is 17.1 Å². The Kier molecular flexibility index (Phi) is 5.86. The molecule has 2 aromatic rings. The summed E-state index contributed by atoms with van der Waals surface area (Å²) in [7, 11) is -3.37. The molecule has 150 valence electrons. The molecule has 6 nitrogen and oxygen atoms in total. The summed E-state index contributed by atoms with van der Waals surface area (Å²) in [4.78, 5) is 14.6. The van der Waals surface area contributed by atoms with Crippen LogP contribution in [-0.2, 0) is 21.2 Å². The molecule has 0 saturated heterocycles. The average Bonchev–Trinajstić information content (AvgIpc) is 2.57. The summed E-state index contributed by atoms with van der Waals surface area (Å²) in [6.45, 7) is 4.76. The third kappa shape index (κ3) is 4.77. The highest BCUT2D eigenvalue weighted by Gasteiger charge is 2.22. The Hall–Kier alpha value is -2.25. The molecule has 1 aliphatic rings. The summed E-state index contributed by atoms with van der Waals surface area (Å²) < 4.78 is 25.8. The highest BCUT2D eigenvalue weighted by atomic mass is 35.5. The van der Waals surface area contributed by atoms with E-state index >= 15 is 0 Å². The van der Waals surface area contributed by atoms with Gasteiger partial charge in [-0.15, -0.1) is 0 Å². The van der Waals surface area contributed by atoms with Gasteiger partial charge in [-0.1, -0.05) is 23.7 Å². The van der Waals surface area contributed by atoms with Crippen LogP contribution >= 0.6 is 11.6 Å². The first-order chi connectivity index (χ1) is 13.1. The zero-order valence-corrected chi connectivity index (χ0v) is 17.7. The maximum atomic E-state index is 12.7. The molecule has 0 aromatic heterocycles. The molecule has 0 fully saturated rings. The van der Waals surface area contributed by atoms with Crippen LogP contribution in [-0.4, -0.2) is 33.7 Å². The van der Waals surface area contributed by atoms with Gasteiger partial charge in [0.05, 0.1) is 29.2 Å². The van der Waals surface area contributed by atoms with Crippen LogP contribution < -0.4 is 14.9 Å². The fourth-order valence-corrected chi connectivity index (χ4v) is 4.55. The number of carbonyl (C=O) groups excluding carboxylic acids is 1. The first-order valence-corrected chi connectivity index (χ1v) is 11.3. The van der Waals surface area contributed by atoms with Crippen molar-refractivity contribution in [3.8, 4) is 0 Å². The first-order valence-electron chi connectivity index (χ1n) is 9.05. The minimum Gasteiger partial charge on any atom is -0.362 e. The van der Waals surface area contributed by atoms with Gasteiger partial charge in [0.2, 0.25) is 15.9 Å². The summed E-state index contributed by atoms with van der Waals surface area (Å²) in [5.74, 6) is -0.164. The van der Waals surface area contributed by atoms with Crippen molar-refractivity contribution in [2.45, 2.75) is 26.7 Å². The van der Waals surface area contributed by atoms with Gasteiger partial charge in [0.1, 0.15) is 0 Å². The Bertz CT molecular complexity index is 998. The molecule has 1 aliphatic heterocycles. The number of fused-ring (bicyclic) bond motifs is 1. The second-order valence-corrected chi connectivity index (χ2v) is 9.35. The van der Waals surface area contributed by atoms with E-state index in [0.717, 1.165) is 48.0 Å². The number of halogens is 1. The first kappa shape index (κ1) is 20.5. The van der Waals surface area contributed by atoms with Crippen molar-refractivity contribution in [1.82, 2.24) is 0 Å². The molecule has 28 heavy (non-hydrogen) atoms. The molecule has 0 saturated carbocycles. The highest BCUT2D eigenvalue weighted by molar-refractivity contribution is 7.92.